The zero-order chi connectivity index (χ0) is 19.8. The van der Waals surface area contributed by atoms with Crippen molar-refractivity contribution in [3.8, 4) is 0 Å². The van der Waals surface area contributed by atoms with Crippen molar-refractivity contribution in [1.82, 2.24) is 25.0 Å². The third kappa shape index (κ3) is 7.19. The number of benzene rings is 1. The maximum Gasteiger partial charge on any atom is 0.197 e. The molecule has 154 valence electrons. The second-order valence-electron chi connectivity index (χ2n) is 7.04. The summed E-state index contributed by atoms with van der Waals surface area (Å²) >= 11 is 0. The highest BCUT2D eigenvalue weighted by Gasteiger charge is 2.03. The van der Waals surface area contributed by atoms with Gasteiger partial charge in [-0.1, -0.05) is 47.5 Å². The van der Waals surface area contributed by atoms with Gasteiger partial charge in [0.1, 0.15) is 6.29 Å². The molecule has 2 heterocycles. The average molecular weight is 415 g/mol. The van der Waals surface area contributed by atoms with Crippen molar-refractivity contribution in [2.75, 3.05) is 5.73 Å². The minimum absolute atomic E-state index is 0. The average Bonchev–Trinajstić information content (AvgIpc) is 3.31. The van der Waals surface area contributed by atoms with Gasteiger partial charge in [0.25, 0.3) is 0 Å². The lowest BCUT2D eigenvalue weighted by Gasteiger charge is -2.02. The standard InChI is InChI=1S/C21H26N6O.ClH/c1-16(11-17-7-9-18(15-28)10-8-17)13-27-14-20(25-26-27)6-4-2-3-5-19-12-23-21(22)24-19;/h7-12,14-15H,2-6,13H2,1H3,(H3,22,23,24);1H/b16-11+;. The SMILES string of the molecule is C/C(=C\c1ccc(C=O)cc1)Cn1cc(CCCCCc2cnc(N)[nH]2)nn1.Cl. The molecule has 0 aliphatic carbocycles. The fourth-order valence-electron chi connectivity index (χ4n) is 3.09. The van der Waals surface area contributed by atoms with Gasteiger partial charge in [0.15, 0.2) is 5.95 Å². The summed E-state index contributed by atoms with van der Waals surface area (Å²) in [6, 6.07) is 7.52. The normalized spacial score (nSPS) is 11.3. The van der Waals surface area contributed by atoms with Crippen molar-refractivity contribution in [3.63, 3.8) is 0 Å². The van der Waals surface area contributed by atoms with Gasteiger partial charge in [0.2, 0.25) is 0 Å². The van der Waals surface area contributed by atoms with Crippen molar-refractivity contribution in [3.05, 3.63) is 64.7 Å². The lowest BCUT2D eigenvalue weighted by atomic mass is 10.1. The highest BCUT2D eigenvalue weighted by atomic mass is 35.5. The Morgan fingerprint density at radius 1 is 1.14 bits per heavy atom. The number of aromatic amines is 1. The molecule has 3 N–H and O–H groups in total. The van der Waals surface area contributed by atoms with E-state index >= 15 is 0 Å². The number of hydrogen-bond acceptors (Lipinski definition) is 5. The molecule has 8 heteroatoms. The molecule has 2 aromatic heterocycles. The van der Waals surface area contributed by atoms with E-state index in [1.165, 1.54) is 5.57 Å². The first-order valence-electron chi connectivity index (χ1n) is 9.53. The zero-order valence-corrected chi connectivity index (χ0v) is 17.4. The Morgan fingerprint density at radius 2 is 1.86 bits per heavy atom. The van der Waals surface area contributed by atoms with Crippen molar-refractivity contribution >= 4 is 30.7 Å². The number of rotatable bonds is 10. The first-order valence-corrected chi connectivity index (χ1v) is 9.53. The quantitative estimate of drug-likeness (QED) is 0.387. The Morgan fingerprint density at radius 3 is 2.55 bits per heavy atom. The molecule has 7 nitrogen and oxygen atoms in total. The molecule has 0 atom stereocenters. The van der Waals surface area contributed by atoms with Gasteiger partial charge < -0.3 is 10.7 Å². The van der Waals surface area contributed by atoms with Gasteiger partial charge in [-0.2, -0.15) is 0 Å². The second-order valence-corrected chi connectivity index (χ2v) is 7.04. The summed E-state index contributed by atoms with van der Waals surface area (Å²) in [6.45, 7) is 2.76. The van der Waals surface area contributed by atoms with Crippen LogP contribution in [0.2, 0.25) is 0 Å². The lowest BCUT2D eigenvalue weighted by molar-refractivity contribution is 0.112. The van der Waals surface area contributed by atoms with Crippen LogP contribution in [-0.2, 0) is 19.4 Å². The summed E-state index contributed by atoms with van der Waals surface area (Å²) in [5.41, 5.74) is 10.6. The molecule has 0 unspecified atom stereocenters. The molecule has 0 fully saturated rings. The minimum Gasteiger partial charge on any atom is -0.369 e. The van der Waals surface area contributed by atoms with E-state index in [1.807, 2.05) is 35.1 Å². The molecular formula is C21H27ClN6O. The number of carbonyl (C=O) groups excluding carboxylic acids is 1. The number of allylic oxidation sites excluding steroid dienone is 1. The molecule has 0 bridgehead atoms. The second kappa shape index (κ2) is 11.2. The van der Waals surface area contributed by atoms with E-state index in [0.717, 1.165) is 55.3 Å². The molecule has 0 saturated heterocycles. The van der Waals surface area contributed by atoms with Crippen molar-refractivity contribution in [1.29, 1.82) is 0 Å². The Bertz CT molecular complexity index is 929. The molecule has 29 heavy (non-hydrogen) atoms. The van der Waals surface area contributed by atoms with E-state index in [2.05, 4.69) is 33.3 Å². The van der Waals surface area contributed by atoms with Crippen LogP contribution in [0.25, 0.3) is 6.08 Å². The van der Waals surface area contributed by atoms with Gasteiger partial charge in [0.05, 0.1) is 18.4 Å². The number of anilines is 1. The Balaban J connectivity index is 0.00000300. The predicted octanol–water partition coefficient (Wildman–Crippen LogP) is 3.88. The third-order valence-electron chi connectivity index (χ3n) is 4.51. The summed E-state index contributed by atoms with van der Waals surface area (Å²) in [5.74, 6) is 0.480. The zero-order valence-electron chi connectivity index (χ0n) is 16.5. The summed E-state index contributed by atoms with van der Waals surface area (Å²) in [6.07, 6.45) is 12.0. The van der Waals surface area contributed by atoms with E-state index in [-0.39, 0.29) is 12.4 Å². The molecular weight excluding hydrogens is 388 g/mol. The molecule has 3 rings (SSSR count). The van der Waals surface area contributed by atoms with Crippen LogP contribution in [0.3, 0.4) is 0 Å². The highest BCUT2D eigenvalue weighted by Crippen LogP contribution is 2.11. The van der Waals surface area contributed by atoms with E-state index in [1.54, 1.807) is 6.20 Å². The van der Waals surface area contributed by atoms with Crippen LogP contribution in [0.4, 0.5) is 5.95 Å². The predicted molar refractivity (Wildman–Crippen MR) is 117 cm³/mol. The summed E-state index contributed by atoms with van der Waals surface area (Å²) in [4.78, 5) is 17.8. The number of imidazole rings is 1. The van der Waals surface area contributed by atoms with Crippen LogP contribution in [0, 0.1) is 0 Å². The van der Waals surface area contributed by atoms with Gasteiger partial charge in [-0.25, -0.2) is 9.67 Å². The Hall–Kier alpha value is -2.93. The van der Waals surface area contributed by atoms with Crippen LogP contribution in [0.15, 0.2) is 42.2 Å². The van der Waals surface area contributed by atoms with Crippen LogP contribution in [0.1, 0.15) is 53.5 Å². The third-order valence-corrected chi connectivity index (χ3v) is 4.51. The number of nitrogens with one attached hydrogen (secondary N) is 1. The summed E-state index contributed by atoms with van der Waals surface area (Å²) in [7, 11) is 0. The molecule has 3 aromatic rings. The van der Waals surface area contributed by atoms with Crippen LogP contribution < -0.4 is 5.73 Å². The first-order chi connectivity index (χ1) is 13.6. The lowest BCUT2D eigenvalue weighted by Crippen LogP contribution is -1.99. The highest BCUT2D eigenvalue weighted by molar-refractivity contribution is 5.85. The Labute approximate surface area is 176 Å². The number of H-pyrrole nitrogens is 1. The maximum absolute atomic E-state index is 10.7. The number of nitrogens with zero attached hydrogens (tertiary/aromatic N) is 4. The summed E-state index contributed by atoms with van der Waals surface area (Å²) in [5, 5.41) is 8.50. The van der Waals surface area contributed by atoms with Crippen LogP contribution in [0.5, 0.6) is 0 Å². The first kappa shape index (κ1) is 22.4. The van der Waals surface area contributed by atoms with E-state index in [9.17, 15) is 4.79 Å². The number of carbonyl (C=O) groups is 1. The number of nitrogens with two attached hydrogens (primary N) is 1. The molecule has 0 radical (unpaired) electrons. The van der Waals surface area contributed by atoms with Gasteiger partial charge in [-0.05, 0) is 38.2 Å². The largest absolute Gasteiger partial charge is 0.369 e. The molecule has 0 amide bonds. The van der Waals surface area contributed by atoms with E-state index in [0.29, 0.717) is 18.1 Å². The number of aldehydes is 1. The van der Waals surface area contributed by atoms with Crippen molar-refractivity contribution in [2.24, 2.45) is 0 Å². The molecule has 0 spiro atoms. The van der Waals surface area contributed by atoms with Gasteiger partial charge in [-0.15, -0.1) is 17.5 Å². The number of halogens is 1. The monoisotopic (exact) mass is 414 g/mol. The number of hydrogen-bond donors (Lipinski definition) is 2. The van der Waals surface area contributed by atoms with Crippen LogP contribution >= 0.6 is 12.4 Å². The molecule has 0 saturated carbocycles. The minimum atomic E-state index is 0. The van der Waals surface area contributed by atoms with Crippen molar-refractivity contribution < 1.29 is 4.79 Å². The van der Waals surface area contributed by atoms with Gasteiger partial charge >= 0.3 is 0 Å². The topological polar surface area (TPSA) is 102 Å². The molecule has 1 aromatic carbocycles. The van der Waals surface area contributed by atoms with E-state index < -0.39 is 0 Å². The van der Waals surface area contributed by atoms with E-state index in [4.69, 9.17) is 5.73 Å². The fourth-order valence-corrected chi connectivity index (χ4v) is 3.09. The number of unbranched alkanes of at least 4 members (excludes halogenated alkanes) is 2. The number of nitrogen functional groups attached to an aromatic ring is 1. The molecule has 0 aliphatic heterocycles. The van der Waals surface area contributed by atoms with Gasteiger partial charge in [-0.3, -0.25) is 4.79 Å². The smallest absolute Gasteiger partial charge is 0.197 e. The van der Waals surface area contributed by atoms with Gasteiger partial charge in [0, 0.05) is 17.5 Å². The molecule has 0 aliphatic rings. The number of aromatic nitrogens is 5. The summed E-state index contributed by atoms with van der Waals surface area (Å²) < 4.78 is 1.87. The van der Waals surface area contributed by atoms with Crippen molar-refractivity contribution in [2.45, 2.75) is 45.6 Å². The van der Waals surface area contributed by atoms with Crippen LogP contribution in [-0.4, -0.2) is 31.2 Å². The Kier molecular flexibility index (Phi) is 8.61. The fraction of sp³-hybridized carbons (Fsp3) is 0.333. The maximum atomic E-state index is 10.7. The number of aryl methyl sites for hydroxylation is 2.